The van der Waals surface area contributed by atoms with E-state index in [2.05, 4.69) is 5.92 Å². The van der Waals surface area contributed by atoms with Gasteiger partial charge in [-0.3, -0.25) is 9.69 Å². The van der Waals surface area contributed by atoms with Gasteiger partial charge in [0.05, 0.1) is 13.1 Å². The Bertz CT molecular complexity index is 343. The summed E-state index contributed by atoms with van der Waals surface area (Å²) in [6.07, 6.45) is 5.21. The van der Waals surface area contributed by atoms with Crippen LogP contribution in [-0.4, -0.2) is 77.6 Å². The SMILES string of the molecule is C#CCN(CC)C(=O)N1CCN(CC(=O)O)CC1. The molecule has 1 rings (SSSR count). The third-order valence-electron chi connectivity index (χ3n) is 2.94. The first-order valence-electron chi connectivity index (χ1n) is 6.00. The quantitative estimate of drug-likeness (QED) is 0.703. The lowest BCUT2D eigenvalue weighted by molar-refractivity contribution is -0.138. The standard InChI is InChI=1S/C12H19N3O3/c1-3-5-14(4-2)12(18)15-8-6-13(7-9-15)10-11(16)17/h1H,4-10H2,2H3,(H,16,17). The minimum absolute atomic E-state index is 0.0316. The molecule has 0 aliphatic carbocycles. The molecule has 1 aliphatic rings. The van der Waals surface area contributed by atoms with E-state index >= 15 is 0 Å². The maximum atomic E-state index is 12.1. The minimum atomic E-state index is -0.836. The van der Waals surface area contributed by atoms with E-state index < -0.39 is 5.97 Å². The number of aliphatic carboxylic acids is 1. The van der Waals surface area contributed by atoms with E-state index in [1.807, 2.05) is 11.8 Å². The number of carboxylic acid groups (broad SMARTS) is 1. The van der Waals surface area contributed by atoms with Crippen molar-refractivity contribution in [2.24, 2.45) is 0 Å². The van der Waals surface area contributed by atoms with Crippen molar-refractivity contribution in [2.45, 2.75) is 6.92 Å². The second kappa shape index (κ2) is 6.87. The van der Waals surface area contributed by atoms with Crippen molar-refractivity contribution in [3.05, 3.63) is 0 Å². The molecule has 0 aromatic rings. The van der Waals surface area contributed by atoms with E-state index in [0.717, 1.165) is 0 Å². The van der Waals surface area contributed by atoms with Gasteiger partial charge in [0.25, 0.3) is 0 Å². The van der Waals surface area contributed by atoms with E-state index in [9.17, 15) is 9.59 Å². The Labute approximate surface area is 107 Å². The molecule has 0 saturated carbocycles. The van der Waals surface area contributed by atoms with E-state index in [1.54, 1.807) is 9.80 Å². The normalized spacial score (nSPS) is 16.1. The Morgan fingerprint density at radius 3 is 2.39 bits per heavy atom. The zero-order chi connectivity index (χ0) is 13.5. The number of hydrogen-bond donors (Lipinski definition) is 1. The molecule has 0 atom stereocenters. The molecule has 1 heterocycles. The Hall–Kier alpha value is -1.74. The van der Waals surface area contributed by atoms with Gasteiger partial charge < -0.3 is 14.9 Å². The van der Waals surface area contributed by atoms with E-state index in [4.69, 9.17) is 11.5 Å². The summed E-state index contributed by atoms with van der Waals surface area (Å²) in [5, 5.41) is 8.68. The van der Waals surface area contributed by atoms with Crippen LogP contribution >= 0.6 is 0 Å². The van der Waals surface area contributed by atoms with Gasteiger partial charge in [-0.05, 0) is 6.92 Å². The summed E-state index contributed by atoms with van der Waals surface area (Å²) in [6, 6.07) is -0.0644. The second-order valence-electron chi connectivity index (χ2n) is 4.16. The number of nitrogens with zero attached hydrogens (tertiary/aromatic N) is 3. The highest BCUT2D eigenvalue weighted by atomic mass is 16.4. The molecule has 18 heavy (non-hydrogen) atoms. The molecule has 0 bridgehead atoms. The first-order chi connectivity index (χ1) is 8.58. The van der Waals surface area contributed by atoms with Gasteiger partial charge in [-0.2, -0.15) is 0 Å². The molecular weight excluding hydrogens is 234 g/mol. The lowest BCUT2D eigenvalue weighted by Gasteiger charge is -2.36. The summed E-state index contributed by atoms with van der Waals surface area (Å²) in [6.45, 7) is 5.08. The predicted molar refractivity (Wildman–Crippen MR) is 67.1 cm³/mol. The Morgan fingerprint density at radius 1 is 1.33 bits per heavy atom. The van der Waals surface area contributed by atoms with Gasteiger partial charge in [-0.1, -0.05) is 5.92 Å². The Morgan fingerprint density at radius 2 is 1.94 bits per heavy atom. The van der Waals surface area contributed by atoms with Crippen LogP contribution < -0.4 is 0 Å². The topological polar surface area (TPSA) is 64.1 Å². The summed E-state index contributed by atoms with van der Waals surface area (Å²) in [5.74, 6) is 1.63. The number of piperazine rings is 1. The van der Waals surface area contributed by atoms with Crippen LogP contribution in [0.2, 0.25) is 0 Å². The molecule has 0 aromatic heterocycles. The maximum Gasteiger partial charge on any atom is 0.320 e. The highest BCUT2D eigenvalue weighted by Crippen LogP contribution is 2.05. The number of carboxylic acids is 1. The Kier molecular flexibility index (Phi) is 5.46. The average Bonchev–Trinajstić information content (AvgIpc) is 2.35. The highest BCUT2D eigenvalue weighted by Gasteiger charge is 2.24. The number of terminal acetylenes is 1. The molecule has 6 nitrogen and oxygen atoms in total. The summed E-state index contributed by atoms with van der Waals surface area (Å²) in [4.78, 5) is 27.8. The zero-order valence-electron chi connectivity index (χ0n) is 10.6. The van der Waals surface area contributed by atoms with Crippen molar-refractivity contribution < 1.29 is 14.7 Å². The molecule has 1 saturated heterocycles. The van der Waals surface area contributed by atoms with Gasteiger partial charge in [0.2, 0.25) is 0 Å². The Balaban J connectivity index is 2.44. The number of hydrogen-bond acceptors (Lipinski definition) is 3. The molecule has 6 heteroatoms. The molecule has 100 valence electrons. The van der Waals surface area contributed by atoms with Crippen LogP contribution in [0, 0.1) is 12.3 Å². The molecule has 1 N–H and O–H groups in total. The third-order valence-corrected chi connectivity index (χ3v) is 2.94. The number of rotatable bonds is 4. The van der Waals surface area contributed by atoms with Crippen LogP contribution in [0.4, 0.5) is 4.79 Å². The molecule has 0 unspecified atom stereocenters. The lowest BCUT2D eigenvalue weighted by atomic mass is 10.3. The largest absolute Gasteiger partial charge is 0.480 e. The fourth-order valence-electron chi connectivity index (χ4n) is 1.91. The second-order valence-corrected chi connectivity index (χ2v) is 4.16. The van der Waals surface area contributed by atoms with Crippen molar-refractivity contribution in [3.63, 3.8) is 0 Å². The minimum Gasteiger partial charge on any atom is -0.480 e. The van der Waals surface area contributed by atoms with Crippen LogP contribution in [0.5, 0.6) is 0 Å². The van der Waals surface area contributed by atoms with Gasteiger partial charge in [0, 0.05) is 32.7 Å². The van der Waals surface area contributed by atoms with E-state index in [-0.39, 0.29) is 12.6 Å². The third kappa shape index (κ3) is 3.93. The molecule has 1 fully saturated rings. The van der Waals surface area contributed by atoms with Crippen LogP contribution in [-0.2, 0) is 4.79 Å². The summed E-state index contributed by atoms with van der Waals surface area (Å²) >= 11 is 0. The number of amides is 2. The first-order valence-corrected chi connectivity index (χ1v) is 6.00. The van der Waals surface area contributed by atoms with Crippen molar-refractivity contribution in [1.82, 2.24) is 14.7 Å². The average molecular weight is 253 g/mol. The molecule has 2 amide bonds. The van der Waals surface area contributed by atoms with Crippen LogP contribution in [0.3, 0.4) is 0 Å². The molecular formula is C12H19N3O3. The number of urea groups is 1. The van der Waals surface area contributed by atoms with Crippen molar-refractivity contribution in [3.8, 4) is 12.3 Å². The monoisotopic (exact) mass is 253 g/mol. The van der Waals surface area contributed by atoms with Crippen LogP contribution in [0.1, 0.15) is 6.92 Å². The predicted octanol–water partition coefficient (Wildman–Crippen LogP) is -0.236. The fourth-order valence-corrected chi connectivity index (χ4v) is 1.91. The maximum absolute atomic E-state index is 12.1. The van der Waals surface area contributed by atoms with E-state index in [0.29, 0.717) is 39.3 Å². The van der Waals surface area contributed by atoms with Crippen molar-refractivity contribution >= 4 is 12.0 Å². The lowest BCUT2D eigenvalue weighted by Crippen LogP contribution is -2.53. The summed E-state index contributed by atoms with van der Waals surface area (Å²) in [7, 11) is 0. The van der Waals surface area contributed by atoms with Gasteiger partial charge in [-0.25, -0.2) is 4.79 Å². The van der Waals surface area contributed by atoms with Crippen molar-refractivity contribution in [1.29, 1.82) is 0 Å². The van der Waals surface area contributed by atoms with Crippen LogP contribution in [0.15, 0.2) is 0 Å². The molecule has 0 radical (unpaired) electrons. The van der Waals surface area contributed by atoms with Gasteiger partial charge in [0.1, 0.15) is 0 Å². The number of carbonyl (C=O) groups excluding carboxylic acids is 1. The molecule has 0 aromatic carbocycles. The van der Waals surface area contributed by atoms with Crippen LogP contribution in [0.25, 0.3) is 0 Å². The summed E-state index contributed by atoms with van der Waals surface area (Å²) in [5.41, 5.74) is 0. The van der Waals surface area contributed by atoms with Gasteiger partial charge in [0.15, 0.2) is 0 Å². The zero-order valence-corrected chi connectivity index (χ0v) is 10.6. The highest BCUT2D eigenvalue weighted by molar-refractivity contribution is 5.75. The van der Waals surface area contributed by atoms with Crippen molar-refractivity contribution in [2.75, 3.05) is 45.8 Å². The summed E-state index contributed by atoms with van der Waals surface area (Å²) < 4.78 is 0. The first kappa shape index (κ1) is 14.3. The number of carbonyl (C=O) groups is 2. The van der Waals surface area contributed by atoms with Gasteiger partial charge >= 0.3 is 12.0 Å². The fraction of sp³-hybridized carbons (Fsp3) is 0.667. The molecule has 1 aliphatic heterocycles. The van der Waals surface area contributed by atoms with E-state index in [1.165, 1.54) is 0 Å². The molecule has 0 spiro atoms. The smallest absolute Gasteiger partial charge is 0.320 e. The van der Waals surface area contributed by atoms with Gasteiger partial charge in [-0.15, -0.1) is 6.42 Å².